The fourth-order valence-electron chi connectivity index (χ4n) is 5.16. The smallest absolute Gasteiger partial charge is 0.265 e. The fraction of sp³-hybridized carbons (Fsp3) is 1.00. The first-order valence-electron chi connectivity index (χ1n) is 9.98. The standard InChI is InChI=1S/C21H45NO3S/c1-12-20(8,17-26(23,24)25)15-21(9,13-2)22(10,11)16-19(6,7)14-18(3,4)5/h12-17H2,1-11H3/p+1. The molecule has 0 bridgehead atoms. The van der Waals surface area contributed by atoms with Gasteiger partial charge in [-0.3, -0.25) is 4.55 Å². The van der Waals surface area contributed by atoms with E-state index < -0.39 is 15.5 Å². The van der Waals surface area contributed by atoms with Crippen molar-refractivity contribution >= 4 is 10.1 Å². The Morgan fingerprint density at radius 1 is 0.846 bits per heavy atom. The normalized spacial score (nSPS) is 19.1. The van der Waals surface area contributed by atoms with Gasteiger partial charge in [0.2, 0.25) is 0 Å². The molecule has 4 nitrogen and oxygen atoms in total. The molecule has 0 aromatic rings. The molecule has 0 saturated carbocycles. The molecule has 0 heterocycles. The summed E-state index contributed by atoms with van der Waals surface area (Å²) in [7, 11) is 0.564. The van der Waals surface area contributed by atoms with Crippen molar-refractivity contribution in [1.29, 1.82) is 0 Å². The molecule has 0 aliphatic carbocycles. The van der Waals surface area contributed by atoms with E-state index in [1.807, 2.05) is 13.8 Å². The molecule has 158 valence electrons. The van der Waals surface area contributed by atoms with Crippen LogP contribution < -0.4 is 0 Å². The van der Waals surface area contributed by atoms with Crippen LogP contribution in [-0.2, 0) is 10.1 Å². The summed E-state index contributed by atoms with van der Waals surface area (Å²) in [6.07, 6.45) is 3.60. The number of hydrogen-bond donors (Lipinski definition) is 1. The maximum absolute atomic E-state index is 11.6. The van der Waals surface area contributed by atoms with E-state index in [4.69, 9.17) is 0 Å². The van der Waals surface area contributed by atoms with E-state index >= 15 is 0 Å². The van der Waals surface area contributed by atoms with Gasteiger partial charge in [-0.15, -0.1) is 0 Å². The van der Waals surface area contributed by atoms with Crippen molar-refractivity contribution in [3.8, 4) is 0 Å². The molecule has 0 fully saturated rings. The van der Waals surface area contributed by atoms with Gasteiger partial charge < -0.3 is 4.48 Å². The van der Waals surface area contributed by atoms with Crippen LogP contribution >= 0.6 is 0 Å². The predicted octanol–water partition coefficient (Wildman–Crippen LogP) is 5.39. The molecular weight excluding hydrogens is 346 g/mol. The second-order valence-electron chi connectivity index (χ2n) is 11.7. The number of quaternary nitrogens is 1. The summed E-state index contributed by atoms with van der Waals surface area (Å²) >= 11 is 0. The van der Waals surface area contributed by atoms with Gasteiger partial charge in [0, 0.05) is 11.8 Å². The first-order chi connectivity index (χ1) is 11.2. The van der Waals surface area contributed by atoms with E-state index in [0.29, 0.717) is 0 Å². The van der Waals surface area contributed by atoms with Gasteiger partial charge in [-0.25, -0.2) is 0 Å². The molecule has 0 saturated heterocycles. The van der Waals surface area contributed by atoms with Gasteiger partial charge in [0.15, 0.2) is 0 Å². The summed E-state index contributed by atoms with van der Waals surface area (Å²) in [5, 5.41) is 0. The van der Waals surface area contributed by atoms with Gasteiger partial charge in [-0.05, 0) is 37.0 Å². The maximum Gasteiger partial charge on any atom is 0.265 e. The fourth-order valence-corrected chi connectivity index (χ4v) is 6.34. The van der Waals surface area contributed by atoms with Crippen LogP contribution in [0, 0.1) is 16.2 Å². The lowest BCUT2D eigenvalue weighted by Gasteiger charge is -2.53. The van der Waals surface area contributed by atoms with Gasteiger partial charge in [0.05, 0.1) is 31.9 Å². The highest BCUT2D eigenvalue weighted by molar-refractivity contribution is 7.85. The molecule has 0 rings (SSSR count). The minimum atomic E-state index is -3.99. The van der Waals surface area contributed by atoms with Crippen LogP contribution in [0.15, 0.2) is 0 Å². The molecule has 1 N–H and O–H groups in total. The Labute approximate surface area is 164 Å². The van der Waals surface area contributed by atoms with Crippen LogP contribution in [0.1, 0.15) is 88.0 Å². The molecule has 2 unspecified atom stereocenters. The average molecular weight is 393 g/mol. The minimum absolute atomic E-state index is 0.0649. The van der Waals surface area contributed by atoms with E-state index in [-0.39, 0.29) is 22.1 Å². The quantitative estimate of drug-likeness (QED) is 0.401. The van der Waals surface area contributed by atoms with E-state index in [2.05, 4.69) is 62.6 Å². The molecule has 0 aliphatic heterocycles. The van der Waals surface area contributed by atoms with Gasteiger partial charge in [0.1, 0.15) is 0 Å². The van der Waals surface area contributed by atoms with Crippen molar-refractivity contribution in [3.05, 3.63) is 0 Å². The number of hydrogen-bond acceptors (Lipinski definition) is 2. The first kappa shape index (κ1) is 25.9. The van der Waals surface area contributed by atoms with E-state index in [1.165, 1.54) is 0 Å². The third kappa shape index (κ3) is 8.26. The topological polar surface area (TPSA) is 54.4 Å². The Morgan fingerprint density at radius 2 is 1.31 bits per heavy atom. The van der Waals surface area contributed by atoms with E-state index in [1.54, 1.807) is 0 Å². The number of nitrogens with zero attached hydrogens (tertiary/aromatic N) is 1. The molecule has 0 radical (unpaired) electrons. The van der Waals surface area contributed by atoms with Gasteiger partial charge >= 0.3 is 0 Å². The predicted molar refractivity (Wildman–Crippen MR) is 113 cm³/mol. The monoisotopic (exact) mass is 392 g/mol. The molecule has 0 aliphatic rings. The second-order valence-corrected chi connectivity index (χ2v) is 13.1. The highest BCUT2D eigenvalue weighted by Gasteiger charge is 2.48. The maximum atomic E-state index is 11.6. The van der Waals surface area contributed by atoms with Gasteiger partial charge in [-0.1, -0.05) is 55.4 Å². The van der Waals surface area contributed by atoms with Crippen molar-refractivity contribution in [3.63, 3.8) is 0 Å². The van der Waals surface area contributed by atoms with Crippen molar-refractivity contribution in [2.75, 3.05) is 26.4 Å². The van der Waals surface area contributed by atoms with Crippen molar-refractivity contribution < 1.29 is 17.5 Å². The Hall–Kier alpha value is -0.130. The third-order valence-corrected chi connectivity index (χ3v) is 7.31. The summed E-state index contributed by atoms with van der Waals surface area (Å²) in [6, 6.07) is 0. The van der Waals surface area contributed by atoms with Crippen LogP contribution in [0.25, 0.3) is 0 Å². The molecule has 2 atom stereocenters. The largest absolute Gasteiger partial charge is 0.323 e. The number of rotatable bonds is 10. The Bertz CT molecular complexity index is 560. The minimum Gasteiger partial charge on any atom is -0.323 e. The zero-order valence-corrected chi connectivity index (χ0v) is 20.2. The van der Waals surface area contributed by atoms with Crippen molar-refractivity contribution in [1.82, 2.24) is 0 Å². The van der Waals surface area contributed by atoms with Crippen LogP contribution in [-0.4, -0.2) is 49.4 Å². The zero-order chi connectivity index (χ0) is 21.2. The summed E-state index contributed by atoms with van der Waals surface area (Å²) in [5.41, 5.74) is -0.0362. The van der Waals surface area contributed by atoms with E-state index in [0.717, 1.165) is 36.7 Å². The van der Waals surface area contributed by atoms with Gasteiger partial charge in [0.25, 0.3) is 10.1 Å². The third-order valence-electron chi connectivity index (χ3n) is 6.25. The Kier molecular flexibility index (Phi) is 8.04. The molecule has 0 amide bonds. The molecule has 5 heteroatoms. The van der Waals surface area contributed by atoms with Crippen LogP contribution in [0.5, 0.6) is 0 Å². The highest BCUT2D eigenvalue weighted by Crippen LogP contribution is 2.43. The van der Waals surface area contributed by atoms with Crippen LogP contribution in [0.4, 0.5) is 0 Å². The summed E-state index contributed by atoms with van der Waals surface area (Å²) in [4.78, 5) is 0. The summed E-state index contributed by atoms with van der Waals surface area (Å²) < 4.78 is 33.4. The molecule has 26 heavy (non-hydrogen) atoms. The van der Waals surface area contributed by atoms with Gasteiger partial charge in [-0.2, -0.15) is 8.42 Å². The van der Waals surface area contributed by atoms with Crippen LogP contribution in [0.3, 0.4) is 0 Å². The van der Waals surface area contributed by atoms with Crippen molar-refractivity contribution in [2.24, 2.45) is 16.2 Å². The summed E-state index contributed by atoms with van der Waals surface area (Å²) in [6.45, 7) is 21.0. The molecule has 0 spiro atoms. The molecule has 0 aromatic carbocycles. The van der Waals surface area contributed by atoms with Crippen LogP contribution in [0.2, 0.25) is 0 Å². The zero-order valence-electron chi connectivity index (χ0n) is 19.4. The Balaban J connectivity index is 5.67. The lowest BCUT2D eigenvalue weighted by atomic mass is 9.71. The molecule has 0 aromatic heterocycles. The first-order valence-corrected chi connectivity index (χ1v) is 11.6. The van der Waals surface area contributed by atoms with Crippen molar-refractivity contribution in [2.45, 2.75) is 93.5 Å². The average Bonchev–Trinajstić information content (AvgIpc) is 2.31. The second kappa shape index (κ2) is 8.08. The summed E-state index contributed by atoms with van der Waals surface area (Å²) in [5.74, 6) is -0.169. The van der Waals surface area contributed by atoms with E-state index in [9.17, 15) is 13.0 Å². The SMILES string of the molecule is CCC(C)(CC(C)(CC)[N+](C)(C)CC(C)(C)CC(C)(C)C)CS(=O)(=O)O. The highest BCUT2D eigenvalue weighted by atomic mass is 32.2. The Morgan fingerprint density at radius 3 is 1.62 bits per heavy atom. The lowest BCUT2D eigenvalue weighted by Crippen LogP contribution is -2.62. The lowest BCUT2D eigenvalue weighted by molar-refractivity contribution is -0.947. The molecular formula is C21H46NO3S+.